The Morgan fingerprint density at radius 2 is 2.05 bits per heavy atom. The summed E-state index contributed by atoms with van der Waals surface area (Å²) < 4.78 is 0. The first-order valence-electron chi connectivity index (χ1n) is 6.83. The van der Waals surface area contributed by atoms with Crippen LogP contribution in [0.1, 0.15) is 32.1 Å². The summed E-state index contributed by atoms with van der Waals surface area (Å²) in [5.41, 5.74) is 6.89. The van der Waals surface area contributed by atoms with E-state index in [1.54, 1.807) is 12.1 Å². The molecule has 0 spiro atoms. The summed E-state index contributed by atoms with van der Waals surface area (Å²) in [6.45, 7) is 0.997. The van der Waals surface area contributed by atoms with Crippen molar-refractivity contribution in [1.29, 1.82) is 0 Å². The first-order valence-corrected chi connectivity index (χ1v) is 6.83. The average Bonchev–Trinajstić information content (AvgIpc) is 2.39. The van der Waals surface area contributed by atoms with Gasteiger partial charge < -0.3 is 10.6 Å². The topological polar surface area (TPSA) is 72.4 Å². The van der Waals surface area contributed by atoms with E-state index >= 15 is 0 Å². The number of nitrogen functional groups attached to an aromatic ring is 1. The molecule has 1 fully saturated rings. The molecule has 0 unspecified atom stereocenters. The minimum atomic E-state index is -0.444. The molecular formula is C14H21N3O2. The minimum absolute atomic E-state index is 0.0187. The molecule has 0 amide bonds. The van der Waals surface area contributed by atoms with E-state index in [1.807, 2.05) is 7.05 Å². The largest absolute Gasteiger partial charge is 0.393 e. The van der Waals surface area contributed by atoms with Gasteiger partial charge in [0.25, 0.3) is 5.69 Å². The predicted octanol–water partition coefficient (Wildman–Crippen LogP) is 3.19. The molecule has 2 N–H and O–H groups in total. The van der Waals surface area contributed by atoms with Gasteiger partial charge in [-0.25, -0.2) is 0 Å². The lowest BCUT2D eigenvalue weighted by molar-refractivity contribution is -0.383. The lowest BCUT2D eigenvalue weighted by Crippen LogP contribution is -2.26. The van der Waals surface area contributed by atoms with Gasteiger partial charge >= 0.3 is 0 Å². The van der Waals surface area contributed by atoms with Crippen molar-refractivity contribution in [3.63, 3.8) is 0 Å². The summed E-state index contributed by atoms with van der Waals surface area (Å²) >= 11 is 0. The molecule has 5 heteroatoms. The van der Waals surface area contributed by atoms with Gasteiger partial charge in [0.05, 0.1) is 4.92 Å². The van der Waals surface area contributed by atoms with Gasteiger partial charge in [-0.3, -0.25) is 10.1 Å². The van der Waals surface area contributed by atoms with Crippen LogP contribution in [0.15, 0.2) is 18.2 Å². The molecule has 0 bridgehead atoms. The highest BCUT2D eigenvalue weighted by molar-refractivity contribution is 5.66. The SMILES string of the molecule is CN(CC1CCCCC1)c1ccc([N+](=O)[O-])c(N)c1. The molecule has 1 aromatic carbocycles. The number of hydrogen-bond acceptors (Lipinski definition) is 4. The van der Waals surface area contributed by atoms with Crippen molar-refractivity contribution in [2.75, 3.05) is 24.2 Å². The predicted molar refractivity (Wildman–Crippen MR) is 77.4 cm³/mol. The molecular weight excluding hydrogens is 242 g/mol. The second-order valence-corrected chi connectivity index (χ2v) is 5.38. The Kier molecular flexibility index (Phi) is 4.24. The van der Waals surface area contributed by atoms with Crippen LogP contribution in [0.3, 0.4) is 0 Å². The molecule has 104 valence electrons. The van der Waals surface area contributed by atoms with Gasteiger partial charge in [0.15, 0.2) is 0 Å². The quantitative estimate of drug-likeness (QED) is 0.514. The van der Waals surface area contributed by atoms with Gasteiger partial charge in [0.2, 0.25) is 0 Å². The van der Waals surface area contributed by atoms with Gasteiger partial charge in [-0.05, 0) is 30.9 Å². The molecule has 1 saturated carbocycles. The van der Waals surface area contributed by atoms with Crippen LogP contribution >= 0.6 is 0 Å². The van der Waals surface area contributed by atoms with Crippen LogP contribution in [-0.4, -0.2) is 18.5 Å². The Morgan fingerprint density at radius 1 is 1.37 bits per heavy atom. The number of nitrogens with zero attached hydrogens (tertiary/aromatic N) is 2. The first kappa shape index (κ1) is 13.6. The summed E-state index contributed by atoms with van der Waals surface area (Å²) in [4.78, 5) is 12.4. The summed E-state index contributed by atoms with van der Waals surface area (Å²) in [6, 6.07) is 4.96. The van der Waals surface area contributed by atoms with Gasteiger partial charge in [0.1, 0.15) is 5.69 Å². The van der Waals surface area contributed by atoms with Crippen LogP contribution < -0.4 is 10.6 Å². The van der Waals surface area contributed by atoms with E-state index in [2.05, 4.69) is 4.90 Å². The molecule has 0 saturated heterocycles. The zero-order valence-corrected chi connectivity index (χ0v) is 11.3. The molecule has 19 heavy (non-hydrogen) atoms. The zero-order chi connectivity index (χ0) is 13.8. The number of anilines is 2. The fourth-order valence-electron chi connectivity index (χ4n) is 2.81. The van der Waals surface area contributed by atoms with E-state index in [1.165, 1.54) is 38.2 Å². The van der Waals surface area contributed by atoms with Crippen molar-refractivity contribution >= 4 is 17.1 Å². The van der Waals surface area contributed by atoms with Crippen LogP contribution in [0.2, 0.25) is 0 Å². The van der Waals surface area contributed by atoms with Gasteiger partial charge in [-0.15, -0.1) is 0 Å². The van der Waals surface area contributed by atoms with Gasteiger partial charge in [-0.2, -0.15) is 0 Å². The summed E-state index contributed by atoms with van der Waals surface area (Å²) in [5, 5.41) is 10.7. The van der Waals surface area contributed by atoms with E-state index in [0.29, 0.717) is 0 Å². The van der Waals surface area contributed by atoms with Crippen molar-refractivity contribution < 1.29 is 4.92 Å². The fraction of sp³-hybridized carbons (Fsp3) is 0.571. The van der Waals surface area contributed by atoms with Crippen LogP contribution in [0.25, 0.3) is 0 Å². The molecule has 1 aliphatic carbocycles. The average molecular weight is 263 g/mol. The Morgan fingerprint density at radius 3 is 2.63 bits per heavy atom. The molecule has 0 aromatic heterocycles. The lowest BCUT2D eigenvalue weighted by atomic mass is 9.89. The number of nitro benzene ring substituents is 1. The highest BCUT2D eigenvalue weighted by Gasteiger charge is 2.17. The third-order valence-electron chi connectivity index (χ3n) is 3.91. The Balaban J connectivity index is 2.04. The first-order chi connectivity index (χ1) is 9.08. The van der Waals surface area contributed by atoms with Crippen LogP contribution in [0.5, 0.6) is 0 Å². The lowest BCUT2D eigenvalue weighted by Gasteiger charge is -2.28. The third kappa shape index (κ3) is 3.36. The zero-order valence-electron chi connectivity index (χ0n) is 11.3. The van der Waals surface area contributed by atoms with Crippen molar-refractivity contribution in [3.05, 3.63) is 28.3 Å². The highest BCUT2D eigenvalue weighted by Crippen LogP contribution is 2.29. The molecule has 0 radical (unpaired) electrons. The van der Waals surface area contributed by atoms with E-state index in [-0.39, 0.29) is 11.4 Å². The van der Waals surface area contributed by atoms with E-state index in [4.69, 9.17) is 5.73 Å². The fourth-order valence-corrected chi connectivity index (χ4v) is 2.81. The number of benzene rings is 1. The second kappa shape index (κ2) is 5.91. The van der Waals surface area contributed by atoms with E-state index < -0.39 is 4.92 Å². The Labute approximate surface area is 113 Å². The maximum Gasteiger partial charge on any atom is 0.292 e. The molecule has 5 nitrogen and oxygen atoms in total. The van der Waals surface area contributed by atoms with Gasteiger partial charge in [0, 0.05) is 25.3 Å². The number of rotatable bonds is 4. The van der Waals surface area contributed by atoms with Crippen LogP contribution in [0, 0.1) is 16.0 Å². The Hall–Kier alpha value is -1.78. The maximum absolute atomic E-state index is 10.7. The molecule has 0 aliphatic heterocycles. The van der Waals surface area contributed by atoms with Crippen molar-refractivity contribution in [3.8, 4) is 0 Å². The van der Waals surface area contributed by atoms with Crippen molar-refractivity contribution in [2.24, 2.45) is 5.92 Å². The standard InChI is InChI=1S/C14H21N3O2/c1-16(10-11-5-3-2-4-6-11)12-7-8-14(17(18)19)13(15)9-12/h7-9,11H,2-6,10,15H2,1H3. The van der Waals surface area contributed by atoms with Crippen molar-refractivity contribution in [1.82, 2.24) is 0 Å². The molecule has 0 atom stereocenters. The number of hydrogen-bond donors (Lipinski definition) is 1. The third-order valence-corrected chi connectivity index (χ3v) is 3.91. The summed E-state index contributed by atoms with van der Waals surface area (Å²) in [6.07, 6.45) is 6.56. The number of nitro groups is 1. The molecule has 0 heterocycles. The minimum Gasteiger partial charge on any atom is -0.393 e. The monoisotopic (exact) mass is 263 g/mol. The van der Waals surface area contributed by atoms with E-state index in [0.717, 1.165) is 18.2 Å². The number of nitrogens with two attached hydrogens (primary N) is 1. The van der Waals surface area contributed by atoms with Crippen LogP contribution in [-0.2, 0) is 0 Å². The molecule has 1 aromatic rings. The van der Waals surface area contributed by atoms with E-state index in [9.17, 15) is 10.1 Å². The summed E-state index contributed by atoms with van der Waals surface area (Å²) in [7, 11) is 2.02. The summed E-state index contributed by atoms with van der Waals surface area (Å²) in [5.74, 6) is 0.732. The van der Waals surface area contributed by atoms with Crippen molar-refractivity contribution in [2.45, 2.75) is 32.1 Å². The highest BCUT2D eigenvalue weighted by atomic mass is 16.6. The normalized spacial score (nSPS) is 16.3. The molecule has 2 rings (SSSR count). The molecule has 1 aliphatic rings. The Bertz CT molecular complexity index is 456. The smallest absolute Gasteiger partial charge is 0.292 e. The maximum atomic E-state index is 10.7. The van der Waals surface area contributed by atoms with Gasteiger partial charge in [-0.1, -0.05) is 19.3 Å². The van der Waals surface area contributed by atoms with Crippen LogP contribution in [0.4, 0.5) is 17.1 Å². The second-order valence-electron chi connectivity index (χ2n) is 5.38.